The third-order valence-corrected chi connectivity index (χ3v) is 7.00. The zero-order valence-electron chi connectivity index (χ0n) is 22.0. The van der Waals surface area contributed by atoms with Crippen molar-refractivity contribution in [2.24, 2.45) is 24.5 Å². The number of pyridine rings is 1. The molecule has 11 heteroatoms. The van der Waals surface area contributed by atoms with Crippen molar-refractivity contribution in [3.63, 3.8) is 0 Å². The molecular weight excluding hydrogens is 499 g/mol. The van der Waals surface area contributed by atoms with Crippen LogP contribution in [0.2, 0.25) is 0 Å². The van der Waals surface area contributed by atoms with E-state index in [4.69, 9.17) is 11.6 Å². The Hall–Kier alpha value is -4.51. The number of nitrogens with one attached hydrogen (secondary N) is 1. The monoisotopic (exact) mass is 532 g/mol. The molecular formula is C28H33FN8O2. The number of hydrogen-bond donors (Lipinski definition) is 3. The van der Waals surface area contributed by atoms with Gasteiger partial charge in [-0.15, -0.1) is 0 Å². The summed E-state index contributed by atoms with van der Waals surface area (Å²) in [5.41, 5.74) is 7.15. The van der Waals surface area contributed by atoms with Crippen LogP contribution in [-0.2, 0) is 11.8 Å². The molecule has 1 fully saturated rings. The predicted molar refractivity (Wildman–Crippen MR) is 148 cm³/mol. The topological polar surface area (TPSA) is 139 Å². The molecule has 0 bridgehead atoms. The summed E-state index contributed by atoms with van der Waals surface area (Å²) in [6.45, 7) is 3.06. The highest BCUT2D eigenvalue weighted by Crippen LogP contribution is 2.36. The molecule has 1 atom stereocenters. The molecule has 4 heterocycles. The van der Waals surface area contributed by atoms with E-state index in [-0.39, 0.29) is 22.6 Å². The number of aromatic nitrogens is 4. The number of ketones is 1. The van der Waals surface area contributed by atoms with Crippen LogP contribution in [0.1, 0.15) is 47.4 Å². The molecule has 0 saturated carbocycles. The molecule has 5 N–H and O–H groups in total. The lowest BCUT2D eigenvalue weighted by molar-refractivity contribution is -0.119. The van der Waals surface area contributed by atoms with E-state index < -0.39 is 5.82 Å². The molecule has 5 rings (SSSR count). The number of carbonyl (C=O) groups excluding carboxylic acids is 2. The van der Waals surface area contributed by atoms with Gasteiger partial charge in [0.25, 0.3) is 0 Å². The largest absolute Gasteiger partial charge is 0.403 e. The Bertz CT molecular complexity index is 1440. The predicted octanol–water partition coefficient (Wildman–Crippen LogP) is 3.44. The van der Waals surface area contributed by atoms with Crippen LogP contribution in [0.15, 0.2) is 67.5 Å². The first-order valence-electron chi connectivity index (χ1n) is 12.7. The van der Waals surface area contributed by atoms with Gasteiger partial charge in [-0.2, -0.15) is 0 Å². The van der Waals surface area contributed by atoms with Crippen molar-refractivity contribution in [1.29, 1.82) is 0 Å². The van der Waals surface area contributed by atoms with Crippen LogP contribution in [0.3, 0.4) is 0 Å². The summed E-state index contributed by atoms with van der Waals surface area (Å²) in [6, 6.07) is 10.6. The van der Waals surface area contributed by atoms with Crippen LogP contribution >= 0.6 is 0 Å². The molecule has 4 aromatic rings. The number of Topliss-reactive ketones (excluding diaryl/α,β-unsaturated/α-hetero) is 1. The Morgan fingerprint density at radius 3 is 2.54 bits per heavy atom. The van der Waals surface area contributed by atoms with Gasteiger partial charge < -0.3 is 20.2 Å². The number of likely N-dealkylation sites (tertiary alicyclic amines) is 1. The van der Waals surface area contributed by atoms with Crippen molar-refractivity contribution in [3.05, 3.63) is 90.3 Å². The molecule has 1 amide bonds. The number of rotatable bonds is 7. The maximum atomic E-state index is 13.7. The van der Waals surface area contributed by atoms with Gasteiger partial charge in [0.2, 0.25) is 6.41 Å². The molecule has 3 aromatic heterocycles. The van der Waals surface area contributed by atoms with Crippen LogP contribution < -0.4 is 16.6 Å². The fourth-order valence-electron chi connectivity index (χ4n) is 5.06. The Morgan fingerprint density at radius 2 is 1.95 bits per heavy atom. The summed E-state index contributed by atoms with van der Waals surface area (Å²) >= 11 is 0. The number of hydrogen-bond acceptors (Lipinski definition) is 7. The van der Waals surface area contributed by atoms with E-state index in [0.29, 0.717) is 17.4 Å². The first-order chi connectivity index (χ1) is 18.8. The molecule has 1 saturated heterocycles. The number of anilines is 1. The highest BCUT2D eigenvalue weighted by atomic mass is 19.1. The van der Waals surface area contributed by atoms with E-state index in [9.17, 15) is 14.0 Å². The van der Waals surface area contributed by atoms with Gasteiger partial charge in [0.15, 0.2) is 17.4 Å². The van der Waals surface area contributed by atoms with E-state index in [1.54, 1.807) is 0 Å². The number of piperidine rings is 1. The highest BCUT2D eigenvalue weighted by Gasteiger charge is 2.30. The van der Waals surface area contributed by atoms with E-state index in [2.05, 4.69) is 50.8 Å². The van der Waals surface area contributed by atoms with E-state index in [1.807, 2.05) is 23.4 Å². The van der Waals surface area contributed by atoms with Gasteiger partial charge in [-0.1, -0.05) is 30.3 Å². The highest BCUT2D eigenvalue weighted by molar-refractivity contribution is 6.09. The molecule has 1 aliphatic rings. The standard InChI is InChI=1S/C17H21N3O.C11H12FN5O/c1-19-12-9-18-17(19)16(14-5-3-2-4-6-14)15-7-10-20(13-21)11-8-15;1-6(18)7-4-15-10-9(7)8(12)5-16-11(10)17(14)3-2-13/h2-6,9,12-13,15-16H,7-8,10-11H2,1H3;2-5,15H,13-14H2,1H3/b;3-2-. The number of fused-ring (bicyclic) bond motifs is 1. The summed E-state index contributed by atoms with van der Waals surface area (Å²) in [4.78, 5) is 35.4. The number of halogens is 1. The van der Waals surface area contributed by atoms with Gasteiger partial charge in [-0.3, -0.25) is 14.6 Å². The minimum Gasteiger partial charge on any atom is -0.403 e. The minimum atomic E-state index is -0.578. The zero-order valence-corrected chi connectivity index (χ0v) is 22.0. The summed E-state index contributed by atoms with van der Waals surface area (Å²) in [6.07, 6.45) is 11.9. The second-order valence-electron chi connectivity index (χ2n) is 9.45. The minimum absolute atomic E-state index is 0.174. The Kier molecular flexibility index (Phi) is 8.72. The van der Waals surface area contributed by atoms with Gasteiger partial charge in [-0.05, 0) is 31.2 Å². The number of benzene rings is 1. The fourth-order valence-corrected chi connectivity index (χ4v) is 5.06. The molecule has 1 unspecified atom stereocenters. The molecule has 204 valence electrons. The maximum absolute atomic E-state index is 13.7. The van der Waals surface area contributed by atoms with Crippen molar-refractivity contribution in [2.45, 2.75) is 25.7 Å². The number of nitrogens with zero attached hydrogens (tertiary/aromatic N) is 5. The van der Waals surface area contributed by atoms with Crippen molar-refractivity contribution in [2.75, 3.05) is 18.1 Å². The van der Waals surface area contributed by atoms with Crippen LogP contribution in [-0.4, -0.2) is 49.7 Å². The molecule has 0 spiro atoms. The number of amides is 1. The third-order valence-electron chi connectivity index (χ3n) is 7.00. The molecule has 39 heavy (non-hydrogen) atoms. The summed E-state index contributed by atoms with van der Waals surface area (Å²) in [5.74, 6) is 7.10. The van der Waals surface area contributed by atoms with Crippen LogP contribution in [0.4, 0.5) is 10.2 Å². The van der Waals surface area contributed by atoms with Crippen LogP contribution in [0.5, 0.6) is 0 Å². The second-order valence-corrected chi connectivity index (χ2v) is 9.45. The van der Waals surface area contributed by atoms with E-state index in [0.717, 1.165) is 49.4 Å². The molecule has 0 radical (unpaired) electrons. The number of H-pyrrole nitrogens is 1. The Balaban J connectivity index is 0.000000183. The van der Waals surface area contributed by atoms with E-state index >= 15 is 0 Å². The smallest absolute Gasteiger partial charge is 0.209 e. The van der Waals surface area contributed by atoms with Gasteiger partial charge >= 0.3 is 0 Å². The molecule has 1 aliphatic heterocycles. The molecule has 10 nitrogen and oxygen atoms in total. The van der Waals surface area contributed by atoms with Crippen LogP contribution in [0.25, 0.3) is 10.9 Å². The van der Waals surface area contributed by atoms with Crippen molar-refractivity contribution >= 4 is 28.9 Å². The number of aryl methyl sites for hydroxylation is 1. The number of aromatic amines is 1. The number of carbonyl (C=O) groups is 2. The maximum Gasteiger partial charge on any atom is 0.209 e. The summed E-state index contributed by atoms with van der Waals surface area (Å²) in [7, 11) is 2.05. The van der Waals surface area contributed by atoms with Crippen molar-refractivity contribution < 1.29 is 14.0 Å². The van der Waals surface area contributed by atoms with Gasteiger partial charge in [0.05, 0.1) is 17.1 Å². The normalized spacial score (nSPS) is 14.7. The lowest BCUT2D eigenvalue weighted by Crippen LogP contribution is -2.35. The summed E-state index contributed by atoms with van der Waals surface area (Å²) in [5, 5.41) is 1.32. The molecule has 1 aromatic carbocycles. The molecule has 0 aliphatic carbocycles. The van der Waals surface area contributed by atoms with Gasteiger partial charge in [0, 0.05) is 62.6 Å². The van der Waals surface area contributed by atoms with Gasteiger partial charge in [0.1, 0.15) is 5.82 Å². The number of imidazole rings is 1. The van der Waals surface area contributed by atoms with Crippen molar-refractivity contribution in [3.8, 4) is 0 Å². The number of hydrazine groups is 1. The van der Waals surface area contributed by atoms with Gasteiger partial charge in [-0.25, -0.2) is 20.2 Å². The Labute approximate surface area is 226 Å². The first-order valence-corrected chi connectivity index (χ1v) is 12.7. The SMILES string of the molecule is CC(=O)c1c[nH]c2c(N(N)/C=C\N)ncc(F)c12.Cn1ccnc1C(c1ccccc1)C1CCN(C=O)CC1. The quantitative estimate of drug-likeness (QED) is 0.143. The van der Waals surface area contributed by atoms with E-state index in [1.165, 1.54) is 31.1 Å². The first kappa shape index (κ1) is 27.5. The lowest BCUT2D eigenvalue weighted by atomic mass is 9.79. The fraction of sp³-hybridized carbons (Fsp3) is 0.286. The third kappa shape index (κ3) is 5.99. The Morgan fingerprint density at radius 1 is 1.23 bits per heavy atom. The average Bonchev–Trinajstić information content (AvgIpc) is 3.58. The lowest BCUT2D eigenvalue weighted by Gasteiger charge is -2.34. The summed E-state index contributed by atoms with van der Waals surface area (Å²) < 4.78 is 15.8. The number of nitrogens with two attached hydrogens (primary N) is 2. The van der Waals surface area contributed by atoms with Crippen molar-refractivity contribution in [1.82, 2.24) is 24.4 Å². The average molecular weight is 533 g/mol. The van der Waals surface area contributed by atoms with Crippen LogP contribution in [0, 0.1) is 11.7 Å². The second kappa shape index (κ2) is 12.4. The zero-order chi connectivity index (χ0) is 27.9.